The molecule has 0 aliphatic carbocycles. The van der Waals surface area contributed by atoms with Crippen molar-refractivity contribution in [2.45, 2.75) is 33.7 Å². The molecule has 0 saturated carbocycles. The van der Waals surface area contributed by atoms with Gasteiger partial charge >= 0.3 is 0 Å². The number of rotatable bonds is 6. The number of amides is 1. The molecule has 0 heterocycles. The van der Waals surface area contributed by atoms with E-state index in [9.17, 15) is 4.79 Å². The molecule has 122 valence electrons. The lowest BCUT2D eigenvalue weighted by molar-refractivity contribution is -0.116. The number of benzene rings is 2. The average molecular weight is 312 g/mol. The van der Waals surface area contributed by atoms with E-state index < -0.39 is 0 Å². The van der Waals surface area contributed by atoms with Crippen LogP contribution in [0.25, 0.3) is 0 Å². The van der Waals surface area contributed by atoms with E-state index >= 15 is 0 Å². The molecular weight excluding hydrogens is 288 g/mol. The summed E-state index contributed by atoms with van der Waals surface area (Å²) in [6.45, 7) is 8.43. The predicted octanol–water partition coefficient (Wildman–Crippen LogP) is 4.14. The molecule has 0 radical (unpaired) electrons. The quantitative estimate of drug-likeness (QED) is 0.843. The summed E-state index contributed by atoms with van der Waals surface area (Å²) in [7, 11) is 0. The molecule has 4 nitrogen and oxygen atoms in total. The molecule has 1 unspecified atom stereocenters. The van der Waals surface area contributed by atoms with Crippen LogP contribution in [-0.2, 0) is 4.79 Å². The van der Waals surface area contributed by atoms with Gasteiger partial charge in [0, 0.05) is 11.4 Å². The summed E-state index contributed by atoms with van der Waals surface area (Å²) in [4.78, 5) is 12.4. The Labute approximate surface area is 137 Å². The van der Waals surface area contributed by atoms with Crippen LogP contribution in [0.15, 0.2) is 42.5 Å². The number of ether oxygens (including phenoxy) is 1. The summed E-state index contributed by atoms with van der Waals surface area (Å²) in [5.41, 5.74) is 3.92. The van der Waals surface area contributed by atoms with Crippen LogP contribution in [0.5, 0.6) is 5.75 Å². The van der Waals surface area contributed by atoms with Crippen molar-refractivity contribution in [3.05, 3.63) is 53.6 Å². The first-order valence-corrected chi connectivity index (χ1v) is 7.87. The van der Waals surface area contributed by atoms with Gasteiger partial charge in [0.25, 0.3) is 0 Å². The lowest BCUT2D eigenvalue weighted by Crippen LogP contribution is -2.32. The molecule has 1 atom stereocenters. The summed E-state index contributed by atoms with van der Waals surface area (Å²) in [5.74, 6) is 0.762. The highest BCUT2D eigenvalue weighted by atomic mass is 16.5. The van der Waals surface area contributed by atoms with E-state index in [0.717, 1.165) is 28.3 Å². The van der Waals surface area contributed by atoms with Crippen LogP contribution >= 0.6 is 0 Å². The fraction of sp³-hybridized carbons (Fsp3) is 0.316. The maximum absolute atomic E-state index is 12.4. The van der Waals surface area contributed by atoms with Crippen molar-refractivity contribution < 1.29 is 9.53 Å². The van der Waals surface area contributed by atoms with Crippen LogP contribution < -0.4 is 15.4 Å². The van der Waals surface area contributed by atoms with Gasteiger partial charge in [0.05, 0.1) is 6.61 Å². The first-order chi connectivity index (χ1) is 11.0. The second-order valence-electron chi connectivity index (χ2n) is 5.63. The Morgan fingerprint density at radius 2 is 1.83 bits per heavy atom. The largest absolute Gasteiger partial charge is 0.494 e. The topological polar surface area (TPSA) is 50.4 Å². The van der Waals surface area contributed by atoms with Crippen molar-refractivity contribution >= 4 is 17.3 Å². The number of carbonyl (C=O) groups is 1. The Bertz CT molecular complexity index is 666. The Morgan fingerprint density at radius 1 is 1.13 bits per heavy atom. The summed E-state index contributed by atoms with van der Waals surface area (Å²) < 4.78 is 5.41. The molecule has 23 heavy (non-hydrogen) atoms. The zero-order valence-corrected chi connectivity index (χ0v) is 14.1. The summed E-state index contributed by atoms with van der Waals surface area (Å²) in [5, 5.41) is 6.17. The molecular formula is C19H24N2O2. The SMILES string of the molecule is CCOc1ccc(NC(C)C(=O)Nc2cc(C)ccc2C)cc1. The van der Waals surface area contributed by atoms with Crippen LogP contribution in [0.4, 0.5) is 11.4 Å². The van der Waals surface area contributed by atoms with E-state index in [4.69, 9.17) is 4.74 Å². The number of aryl methyl sites for hydroxylation is 2. The molecule has 1 amide bonds. The van der Waals surface area contributed by atoms with Gasteiger partial charge in [0.15, 0.2) is 0 Å². The Morgan fingerprint density at radius 3 is 2.48 bits per heavy atom. The van der Waals surface area contributed by atoms with Gasteiger partial charge in [0.2, 0.25) is 5.91 Å². The molecule has 2 rings (SSSR count). The molecule has 0 spiro atoms. The van der Waals surface area contributed by atoms with Gasteiger partial charge in [-0.3, -0.25) is 4.79 Å². The molecule has 0 saturated heterocycles. The number of carbonyl (C=O) groups excluding carboxylic acids is 1. The van der Waals surface area contributed by atoms with E-state index in [1.165, 1.54) is 0 Å². The highest BCUT2D eigenvalue weighted by Crippen LogP contribution is 2.18. The van der Waals surface area contributed by atoms with Crippen molar-refractivity contribution in [2.75, 3.05) is 17.2 Å². The van der Waals surface area contributed by atoms with Crippen LogP contribution in [0.2, 0.25) is 0 Å². The standard InChI is InChI=1S/C19H24N2O2/c1-5-23-17-10-8-16(9-11-17)20-15(4)19(22)21-18-12-13(2)6-7-14(18)3/h6-12,15,20H,5H2,1-4H3,(H,21,22). The van der Waals surface area contributed by atoms with E-state index in [2.05, 4.69) is 10.6 Å². The zero-order chi connectivity index (χ0) is 16.8. The normalized spacial score (nSPS) is 11.7. The fourth-order valence-corrected chi connectivity index (χ4v) is 2.24. The monoisotopic (exact) mass is 312 g/mol. The highest BCUT2D eigenvalue weighted by molar-refractivity contribution is 5.96. The van der Waals surface area contributed by atoms with Crippen molar-refractivity contribution in [1.29, 1.82) is 0 Å². The lowest BCUT2D eigenvalue weighted by Gasteiger charge is -2.17. The predicted molar refractivity (Wildman–Crippen MR) is 95.2 cm³/mol. The summed E-state index contributed by atoms with van der Waals surface area (Å²) >= 11 is 0. The third-order valence-electron chi connectivity index (χ3n) is 3.59. The number of nitrogens with one attached hydrogen (secondary N) is 2. The van der Waals surface area contributed by atoms with Gasteiger partial charge in [-0.25, -0.2) is 0 Å². The number of anilines is 2. The third kappa shape index (κ3) is 4.74. The second kappa shape index (κ2) is 7.68. The average Bonchev–Trinajstić information content (AvgIpc) is 2.53. The second-order valence-corrected chi connectivity index (χ2v) is 5.63. The molecule has 0 aromatic heterocycles. The van der Waals surface area contributed by atoms with Gasteiger partial charge in [0.1, 0.15) is 11.8 Å². The molecule has 2 aromatic carbocycles. The first-order valence-electron chi connectivity index (χ1n) is 7.87. The van der Waals surface area contributed by atoms with Crippen molar-refractivity contribution in [1.82, 2.24) is 0 Å². The van der Waals surface area contributed by atoms with Gasteiger partial charge in [-0.1, -0.05) is 12.1 Å². The van der Waals surface area contributed by atoms with Gasteiger partial charge in [-0.2, -0.15) is 0 Å². The maximum Gasteiger partial charge on any atom is 0.246 e. The molecule has 0 fully saturated rings. The van der Waals surface area contributed by atoms with Crippen LogP contribution in [0.3, 0.4) is 0 Å². The molecule has 0 bridgehead atoms. The maximum atomic E-state index is 12.4. The summed E-state index contributed by atoms with van der Waals surface area (Å²) in [6.07, 6.45) is 0. The van der Waals surface area contributed by atoms with Gasteiger partial charge in [-0.15, -0.1) is 0 Å². The fourth-order valence-electron chi connectivity index (χ4n) is 2.24. The minimum atomic E-state index is -0.340. The lowest BCUT2D eigenvalue weighted by atomic mass is 10.1. The minimum absolute atomic E-state index is 0.0624. The molecule has 0 aliphatic rings. The van der Waals surface area contributed by atoms with E-state index in [-0.39, 0.29) is 11.9 Å². The molecule has 4 heteroatoms. The highest BCUT2D eigenvalue weighted by Gasteiger charge is 2.13. The Balaban J connectivity index is 1.98. The van der Waals surface area contributed by atoms with Crippen LogP contribution in [0.1, 0.15) is 25.0 Å². The molecule has 2 aromatic rings. The zero-order valence-electron chi connectivity index (χ0n) is 14.1. The molecule has 0 aliphatic heterocycles. The number of hydrogen-bond acceptors (Lipinski definition) is 3. The van der Waals surface area contributed by atoms with Gasteiger partial charge in [-0.05, 0) is 69.2 Å². The minimum Gasteiger partial charge on any atom is -0.494 e. The first kappa shape index (κ1) is 16.9. The molecule has 2 N–H and O–H groups in total. The van der Waals surface area contributed by atoms with E-state index in [1.54, 1.807) is 0 Å². The van der Waals surface area contributed by atoms with Crippen LogP contribution in [0, 0.1) is 13.8 Å². The van der Waals surface area contributed by atoms with Crippen LogP contribution in [-0.4, -0.2) is 18.6 Å². The van der Waals surface area contributed by atoms with Crippen molar-refractivity contribution in [2.24, 2.45) is 0 Å². The Hall–Kier alpha value is -2.49. The van der Waals surface area contributed by atoms with Crippen molar-refractivity contribution in [3.8, 4) is 5.75 Å². The summed E-state index contributed by atoms with van der Waals surface area (Å²) in [6, 6.07) is 13.3. The van der Waals surface area contributed by atoms with Crippen molar-refractivity contribution in [3.63, 3.8) is 0 Å². The van der Waals surface area contributed by atoms with E-state index in [1.807, 2.05) is 70.2 Å². The van der Waals surface area contributed by atoms with E-state index in [0.29, 0.717) is 6.61 Å². The smallest absolute Gasteiger partial charge is 0.246 e. The third-order valence-corrected chi connectivity index (χ3v) is 3.59. The Kier molecular flexibility index (Phi) is 5.63. The van der Waals surface area contributed by atoms with Gasteiger partial charge < -0.3 is 15.4 Å². The number of hydrogen-bond donors (Lipinski definition) is 2.